The Kier molecular flexibility index (Phi) is 4.75. The molecule has 0 amide bonds. The molecule has 10 heteroatoms. The molecular weight excluding hydrogens is 416 g/mol. The minimum absolute atomic E-state index is 0.531. The van der Waals surface area contributed by atoms with Crippen LogP contribution in [0.4, 0.5) is 0 Å². The first-order valence-corrected chi connectivity index (χ1v) is 10.2. The van der Waals surface area contributed by atoms with Crippen LogP contribution in [0.15, 0.2) is 48.5 Å². The van der Waals surface area contributed by atoms with Crippen molar-refractivity contribution < 1.29 is 14.2 Å². The Balaban J connectivity index is 1.56. The predicted molar refractivity (Wildman–Crippen MR) is 117 cm³/mol. The van der Waals surface area contributed by atoms with E-state index in [2.05, 4.69) is 20.4 Å². The molecule has 0 radical (unpaired) electrons. The summed E-state index contributed by atoms with van der Waals surface area (Å²) >= 11 is 1.41. The molecule has 3 aromatic heterocycles. The van der Waals surface area contributed by atoms with Gasteiger partial charge in [0.05, 0.1) is 27.0 Å². The molecule has 2 aromatic carbocycles. The molecular formula is C21H18N6O3S. The van der Waals surface area contributed by atoms with Gasteiger partial charge < -0.3 is 14.2 Å². The van der Waals surface area contributed by atoms with E-state index in [-0.39, 0.29) is 0 Å². The maximum absolute atomic E-state index is 5.46. The second kappa shape index (κ2) is 7.73. The lowest BCUT2D eigenvalue weighted by Gasteiger charge is -2.13. The summed E-state index contributed by atoms with van der Waals surface area (Å²) in [5.41, 5.74) is 3.40. The number of rotatable bonds is 6. The first kappa shape index (κ1) is 19.1. The molecule has 5 rings (SSSR count). The standard InChI is InChI=1S/C21H18N6O3S/c1-28-16-9-13(10-17(29-2)18(16)30-3)20-26-27-19(24-25-21(27)31-20)15-11-14(22-23-15)12-7-5-4-6-8-12/h4-11H,1-3H3,(H,22,23). The number of ether oxygens (including phenoxy) is 3. The molecule has 0 unspecified atom stereocenters. The predicted octanol–water partition coefficient (Wildman–Crippen LogP) is 3.94. The van der Waals surface area contributed by atoms with Gasteiger partial charge in [-0.2, -0.15) is 14.7 Å². The van der Waals surface area contributed by atoms with Crippen LogP contribution in [-0.4, -0.2) is 51.3 Å². The van der Waals surface area contributed by atoms with Crippen LogP contribution in [0.2, 0.25) is 0 Å². The normalized spacial score (nSPS) is 11.1. The molecule has 0 aliphatic heterocycles. The Morgan fingerprint density at radius 1 is 0.871 bits per heavy atom. The van der Waals surface area contributed by atoms with Crippen molar-refractivity contribution in [3.63, 3.8) is 0 Å². The van der Waals surface area contributed by atoms with Crippen LogP contribution in [0.5, 0.6) is 17.2 Å². The van der Waals surface area contributed by atoms with Crippen molar-refractivity contribution in [3.05, 3.63) is 48.5 Å². The van der Waals surface area contributed by atoms with E-state index in [1.165, 1.54) is 11.3 Å². The number of nitrogens with one attached hydrogen (secondary N) is 1. The van der Waals surface area contributed by atoms with Crippen LogP contribution in [-0.2, 0) is 0 Å². The molecule has 0 saturated heterocycles. The summed E-state index contributed by atoms with van der Waals surface area (Å²) in [6.07, 6.45) is 0. The van der Waals surface area contributed by atoms with Gasteiger partial charge in [-0.1, -0.05) is 41.7 Å². The van der Waals surface area contributed by atoms with Crippen LogP contribution in [0.1, 0.15) is 0 Å². The molecule has 0 atom stereocenters. The number of H-pyrrole nitrogens is 1. The van der Waals surface area contributed by atoms with Gasteiger partial charge in [0.25, 0.3) is 0 Å². The number of benzene rings is 2. The van der Waals surface area contributed by atoms with Gasteiger partial charge in [0.1, 0.15) is 10.7 Å². The highest BCUT2D eigenvalue weighted by Crippen LogP contribution is 2.42. The molecule has 0 fully saturated rings. The smallest absolute Gasteiger partial charge is 0.235 e. The largest absolute Gasteiger partial charge is 0.493 e. The number of hydrogen-bond donors (Lipinski definition) is 1. The van der Waals surface area contributed by atoms with Gasteiger partial charge in [0.15, 0.2) is 11.5 Å². The molecule has 5 aromatic rings. The number of aromatic nitrogens is 6. The van der Waals surface area contributed by atoms with Crippen molar-refractivity contribution in [2.24, 2.45) is 0 Å². The fourth-order valence-corrected chi connectivity index (χ4v) is 4.13. The zero-order chi connectivity index (χ0) is 21.4. The molecule has 156 valence electrons. The van der Waals surface area contributed by atoms with Crippen LogP contribution in [0, 0.1) is 0 Å². The van der Waals surface area contributed by atoms with Gasteiger partial charge in [0, 0.05) is 11.1 Å². The lowest BCUT2D eigenvalue weighted by Crippen LogP contribution is -1.96. The highest BCUT2D eigenvalue weighted by molar-refractivity contribution is 7.19. The third-order valence-electron chi connectivity index (χ3n) is 4.79. The zero-order valence-corrected chi connectivity index (χ0v) is 17.8. The monoisotopic (exact) mass is 434 g/mol. The van der Waals surface area contributed by atoms with Crippen LogP contribution in [0.3, 0.4) is 0 Å². The summed E-state index contributed by atoms with van der Waals surface area (Å²) in [5.74, 6) is 2.23. The van der Waals surface area contributed by atoms with E-state index in [9.17, 15) is 0 Å². The summed E-state index contributed by atoms with van der Waals surface area (Å²) in [4.78, 5) is 0.662. The van der Waals surface area contributed by atoms with Gasteiger partial charge in [-0.05, 0) is 18.2 Å². The summed E-state index contributed by atoms with van der Waals surface area (Å²) in [6.45, 7) is 0. The van der Waals surface area contributed by atoms with E-state index in [0.717, 1.165) is 27.5 Å². The number of nitrogens with zero attached hydrogens (tertiary/aromatic N) is 5. The summed E-state index contributed by atoms with van der Waals surface area (Å²) in [5, 5.41) is 21.5. The SMILES string of the molecule is COc1cc(-c2nn3c(-c4cc(-c5ccccc5)n[nH]4)nnc3s2)cc(OC)c1OC. The van der Waals surface area contributed by atoms with Crippen molar-refractivity contribution in [2.45, 2.75) is 0 Å². The lowest BCUT2D eigenvalue weighted by atomic mass is 10.1. The average Bonchev–Trinajstić information content (AvgIpc) is 3.54. The fraction of sp³-hybridized carbons (Fsp3) is 0.143. The molecule has 0 spiro atoms. The minimum Gasteiger partial charge on any atom is -0.493 e. The van der Waals surface area contributed by atoms with Crippen molar-refractivity contribution in [2.75, 3.05) is 21.3 Å². The molecule has 1 N–H and O–H groups in total. The quantitative estimate of drug-likeness (QED) is 0.432. The van der Waals surface area contributed by atoms with Gasteiger partial charge in [-0.15, -0.1) is 10.2 Å². The molecule has 0 aliphatic carbocycles. The molecule has 31 heavy (non-hydrogen) atoms. The maximum atomic E-state index is 5.46. The topological polar surface area (TPSA) is 99.5 Å². The van der Waals surface area contributed by atoms with Crippen molar-refractivity contribution in [1.29, 1.82) is 0 Å². The molecule has 0 bridgehead atoms. The van der Waals surface area contributed by atoms with Crippen LogP contribution >= 0.6 is 11.3 Å². The van der Waals surface area contributed by atoms with Crippen molar-refractivity contribution in [3.8, 4) is 50.6 Å². The van der Waals surface area contributed by atoms with Gasteiger partial charge in [0.2, 0.25) is 16.5 Å². The van der Waals surface area contributed by atoms with Crippen molar-refractivity contribution >= 4 is 16.3 Å². The molecule has 3 heterocycles. The van der Waals surface area contributed by atoms with E-state index in [4.69, 9.17) is 19.3 Å². The van der Waals surface area contributed by atoms with Crippen LogP contribution < -0.4 is 14.2 Å². The molecule has 0 aliphatic rings. The Bertz CT molecular complexity index is 1330. The van der Waals surface area contributed by atoms with Crippen molar-refractivity contribution in [1.82, 2.24) is 30.0 Å². The maximum Gasteiger partial charge on any atom is 0.235 e. The minimum atomic E-state index is 0.531. The highest BCUT2D eigenvalue weighted by atomic mass is 32.1. The highest BCUT2D eigenvalue weighted by Gasteiger charge is 2.20. The second-order valence-electron chi connectivity index (χ2n) is 6.57. The van der Waals surface area contributed by atoms with Crippen LogP contribution in [0.25, 0.3) is 38.3 Å². The average molecular weight is 434 g/mol. The second-order valence-corrected chi connectivity index (χ2v) is 7.53. The number of methoxy groups -OCH3 is 3. The first-order valence-electron chi connectivity index (χ1n) is 9.35. The van der Waals surface area contributed by atoms with E-state index < -0.39 is 0 Å². The Morgan fingerprint density at radius 2 is 1.61 bits per heavy atom. The fourth-order valence-electron chi connectivity index (χ4n) is 3.30. The van der Waals surface area contributed by atoms with Gasteiger partial charge in [-0.25, -0.2) is 0 Å². The summed E-state index contributed by atoms with van der Waals surface area (Å²) < 4.78 is 18.0. The Labute approximate surface area is 181 Å². The number of hydrogen-bond acceptors (Lipinski definition) is 8. The molecule has 9 nitrogen and oxygen atoms in total. The summed E-state index contributed by atoms with van der Waals surface area (Å²) in [6, 6.07) is 15.6. The summed E-state index contributed by atoms with van der Waals surface area (Å²) in [7, 11) is 4.74. The Morgan fingerprint density at radius 3 is 2.29 bits per heavy atom. The number of fused-ring (bicyclic) bond motifs is 1. The third-order valence-corrected chi connectivity index (χ3v) is 5.74. The Hall–Kier alpha value is -3.92. The number of aromatic amines is 1. The third kappa shape index (κ3) is 3.26. The van der Waals surface area contributed by atoms with E-state index in [1.807, 2.05) is 48.5 Å². The van der Waals surface area contributed by atoms with E-state index in [0.29, 0.717) is 28.0 Å². The zero-order valence-electron chi connectivity index (χ0n) is 17.0. The lowest BCUT2D eigenvalue weighted by molar-refractivity contribution is 0.324. The van der Waals surface area contributed by atoms with E-state index >= 15 is 0 Å². The van der Waals surface area contributed by atoms with Gasteiger partial charge in [-0.3, -0.25) is 5.10 Å². The van der Waals surface area contributed by atoms with E-state index in [1.54, 1.807) is 25.8 Å². The first-order chi connectivity index (χ1) is 15.2. The van der Waals surface area contributed by atoms with Gasteiger partial charge >= 0.3 is 0 Å². The molecule has 0 saturated carbocycles.